The molecule has 1 aromatic rings. The van der Waals surface area contributed by atoms with Crippen molar-refractivity contribution in [3.63, 3.8) is 0 Å². The van der Waals surface area contributed by atoms with E-state index in [1.54, 1.807) is 4.90 Å². The number of amides is 2. The summed E-state index contributed by atoms with van der Waals surface area (Å²) in [5.74, 6) is 1.30. The van der Waals surface area contributed by atoms with E-state index in [0.29, 0.717) is 31.1 Å². The molecule has 22 heavy (non-hydrogen) atoms. The molecule has 0 radical (unpaired) electrons. The number of nitrogens with one attached hydrogen (secondary N) is 1. The summed E-state index contributed by atoms with van der Waals surface area (Å²) in [6.07, 6.45) is 0. The van der Waals surface area contributed by atoms with Crippen molar-refractivity contribution in [3.8, 4) is 5.75 Å². The molecule has 1 atom stereocenters. The minimum absolute atomic E-state index is 0.156. The highest BCUT2D eigenvalue weighted by atomic mass is 32.2. The fourth-order valence-corrected chi connectivity index (χ4v) is 3.68. The molecule has 1 fully saturated rings. The van der Waals surface area contributed by atoms with Crippen LogP contribution in [0.2, 0.25) is 0 Å². The first-order chi connectivity index (χ1) is 10.3. The van der Waals surface area contributed by atoms with Crippen LogP contribution in [0, 0.1) is 6.92 Å². The molecule has 0 aromatic heterocycles. The first-order valence-electron chi connectivity index (χ1n) is 7.51. The Labute approximate surface area is 134 Å². The molecule has 2 amide bonds. The van der Waals surface area contributed by atoms with E-state index in [1.165, 1.54) is 0 Å². The lowest BCUT2D eigenvalue weighted by atomic mass is 10.2. The maximum atomic E-state index is 12.4. The molecular weight excluding hydrogens is 300 g/mol. The summed E-state index contributed by atoms with van der Waals surface area (Å²) >= 11 is 0. The van der Waals surface area contributed by atoms with Gasteiger partial charge < -0.3 is 15.0 Å². The van der Waals surface area contributed by atoms with E-state index in [0.717, 1.165) is 11.3 Å². The van der Waals surface area contributed by atoms with Crippen LogP contribution < -0.4 is 10.1 Å². The topological polar surface area (TPSA) is 58.6 Å². The van der Waals surface area contributed by atoms with Crippen LogP contribution >= 0.6 is 0 Å². The van der Waals surface area contributed by atoms with Crippen LogP contribution in [-0.2, 0) is 10.8 Å². The van der Waals surface area contributed by atoms with Crippen LogP contribution in [0.5, 0.6) is 5.75 Å². The standard InChI is InChI=1S/C16H24N2O3S/c1-5-21-14-10-13(7-6-12(14)2)17-15(19)18-8-9-22(20)16(3,4)11-18/h6-7,10H,5,8-9,11H2,1-4H3,(H,17,19). The Morgan fingerprint density at radius 2 is 2.18 bits per heavy atom. The van der Waals surface area contributed by atoms with E-state index in [-0.39, 0.29) is 10.8 Å². The van der Waals surface area contributed by atoms with Gasteiger partial charge in [-0.2, -0.15) is 0 Å². The Bertz CT molecular complexity index is 587. The molecule has 1 aliphatic rings. The molecule has 0 saturated carbocycles. The smallest absolute Gasteiger partial charge is 0.321 e. The maximum absolute atomic E-state index is 12.4. The van der Waals surface area contributed by atoms with Crippen molar-refractivity contribution >= 4 is 22.5 Å². The highest BCUT2D eigenvalue weighted by Gasteiger charge is 2.35. The molecule has 5 nitrogen and oxygen atoms in total. The maximum Gasteiger partial charge on any atom is 0.321 e. The second-order valence-corrected chi connectivity index (χ2v) is 8.28. The van der Waals surface area contributed by atoms with Crippen LogP contribution in [-0.4, -0.2) is 45.3 Å². The number of anilines is 1. The Kier molecular flexibility index (Phi) is 5.11. The van der Waals surface area contributed by atoms with Crippen molar-refractivity contribution in [2.24, 2.45) is 0 Å². The van der Waals surface area contributed by atoms with Crippen LogP contribution in [0.15, 0.2) is 18.2 Å². The van der Waals surface area contributed by atoms with E-state index in [9.17, 15) is 9.00 Å². The quantitative estimate of drug-likeness (QED) is 0.930. The molecule has 122 valence electrons. The van der Waals surface area contributed by atoms with Gasteiger partial charge in [-0.25, -0.2) is 4.79 Å². The van der Waals surface area contributed by atoms with Gasteiger partial charge in [0, 0.05) is 41.4 Å². The number of nitrogens with zero attached hydrogens (tertiary/aromatic N) is 1. The minimum atomic E-state index is -0.885. The normalized spacial score (nSPS) is 20.5. The van der Waals surface area contributed by atoms with E-state index >= 15 is 0 Å². The zero-order chi connectivity index (χ0) is 16.3. The van der Waals surface area contributed by atoms with Crippen LogP contribution in [0.4, 0.5) is 10.5 Å². The van der Waals surface area contributed by atoms with Crippen molar-refractivity contribution < 1.29 is 13.7 Å². The second kappa shape index (κ2) is 6.69. The molecule has 1 unspecified atom stereocenters. The molecule has 2 rings (SSSR count). The summed E-state index contributed by atoms with van der Waals surface area (Å²) in [5, 5.41) is 2.90. The Morgan fingerprint density at radius 3 is 2.82 bits per heavy atom. The zero-order valence-corrected chi connectivity index (χ0v) is 14.5. The highest BCUT2D eigenvalue weighted by molar-refractivity contribution is 7.86. The number of carbonyl (C=O) groups is 1. The molecule has 1 N–H and O–H groups in total. The summed E-state index contributed by atoms with van der Waals surface area (Å²) in [7, 11) is -0.885. The van der Waals surface area contributed by atoms with Gasteiger partial charge in [0.05, 0.1) is 11.4 Å². The number of aryl methyl sites for hydroxylation is 1. The van der Waals surface area contributed by atoms with Crippen molar-refractivity contribution in [1.29, 1.82) is 0 Å². The number of ether oxygens (including phenoxy) is 1. The summed E-state index contributed by atoms with van der Waals surface area (Å²) in [6.45, 7) is 9.37. The van der Waals surface area contributed by atoms with E-state index in [2.05, 4.69) is 5.32 Å². The number of hydrogen-bond donors (Lipinski definition) is 1. The van der Waals surface area contributed by atoms with Gasteiger partial charge in [0.15, 0.2) is 0 Å². The summed E-state index contributed by atoms with van der Waals surface area (Å²) < 4.78 is 17.1. The summed E-state index contributed by atoms with van der Waals surface area (Å²) in [5.41, 5.74) is 1.75. The van der Waals surface area contributed by atoms with Crippen LogP contribution in [0.3, 0.4) is 0 Å². The monoisotopic (exact) mass is 324 g/mol. The Morgan fingerprint density at radius 1 is 1.45 bits per heavy atom. The molecule has 1 saturated heterocycles. The van der Waals surface area contributed by atoms with Crippen molar-refractivity contribution in [3.05, 3.63) is 23.8 Å². The number of urea groups is 1. The number of carbonyl (C=O) groups excluding carboxylic acids is 1. The van der Waals surface area contributed by atoms with E-state index in [1.807, 2.05) is 45.9 Å². The molecule has 1 heterocycles. The zero-order valence-electron chi connectivity index (χ0n) is 13.6. The van der Waals surface area contributed by atoms with Gasteiger partial charge in [0.1, 0.15) is 5.75 Å². The van der Waals surface area contributed by atoms with Crippen LogP contribution in [0.25, 0.3) is 0 Å². The van der Waals surface area contributed by atoms with Crippen molar-refractivity contribution in [2.45, 2.75) is 32.4 Å². The van der Waals surface area contributed by atoms with Gasteiger partial charge in [-0.05, 0) is 39.3 Å². The van der Waals surface area contributed by atoms with Gasteiger partial charge in [-0.3, -0.25) is 4.21 Å². The number of hydrogen-bond acceptors (Lipinski definition) is 3. The lowest BCUT2D eigenvalue weighted by Crippen LogP contribution is -2.53. The van der Waals surface area contributed by atoms with Gasteiger partial charge in [-0.1, -0.05) is 6.07 Å². The van der Waals surface area contributed by atoms with Crippen LogP contribution in [0.1, 0.15) is 26.3 Å². The second-order valence-electron chi connectivity index (χ2n) is 6.07. The molecule has 1 aromatic carbocycles. The third kappa shape index (κ3) is 3.80. The number of benzene rings is 1. The summed E-state index contributed by atoms with van der Waals surface area (Å²) in [6, 6.07) is 5.47. The first-order valence-corrected chi connectivity index (χ1v) is 8.83. The van der Waals surface area contributed by atoms with Gasteiger partial charge in [0.2, 0.25) is 0 Å². The molecule has 0 spiro atoms. The molecular formula is C16H24N2O3S. The molecule has 1 aliphatic heterocycles. The minimum Gasteiger partial charge on any atom is -0.494 e. The van der Waals surface area contributed by atoms with E-state index < -0.39 is 10.8 Å². The third-order valence-electron chi connectivity index (χ3n) is 3.76. The molecule has 6 heteroatoms. The predicted molar refractivity (Wildman–Crippen MR) is 90.0 cm³/mol. The van der Waals surface area contributed by atoms with Gasteiger partial charge in [-0.15, -0.1) is 0 Å². The largest absolute Gasteiger partial charge is 0.494 e. The highest BCUT2D eigenvalue weighted by Crippen LogP contribution is 2.24. The van der Waals surface area contributed by atoms with E-state index in [4.69, 9.17) is 4.74 Å². The van der Waals surface area contributed by atoms with Gasteiger partial charge >= 0.3 is 6.03 Å². The fourth-order valence-electron chi connectivity index (χ4n) is 2.44. The predicted octanol–water partition coefficient (Wildman–Crippen LogP) is 2.77. The SMILES string of the molecule is CCOc1cc(NC(=O)N2CCS(=O)C(C)(C)C2)ccc1C. The van der Waals surface area contributed by atoms with Gasteiger partial charge in [0.25, 0.3) is 0 Å². The molecule has 0 aliphatic carbocycles. The lowest BCUT2D eigenvalue weighted by molar-refractivity contribution is 0.207. The number of rotatable bonds is 3. The summed E-state index contributed by atoms with van der Waals surface area (Å²) in [4.78, 5) is 14.1. The van der Waals surface area contributed by atoms with Crippen molar-refractivity contribution in [1.82, 2.24) is 4.90 Å². The Balaban J connectivity index is 2.06. The fraction of sp³-hybridized carbons (Fsp3) is 0.562. The first kappa shape index (κ1) is 16.8. The third-order valence-corrected chi connectivity index (χ3v) is 5.68. The average Bonchev–Trinajstić information content (AvgIpc) is 2.45. The lowest BCUT2D eigenvalue weighted by Gasteiger charge is -2.37. The molecule has 0 bridgehead atoms. The van der Waals surface area contributed by atoms with Crippen molar-refractivity contribution in [2.75, 3.05) is 30.8 Å². The average molecular weight is 324 g/mol. The Hall–Kier alpha value is -1.56.